The topological polar surface area (TPSA) is 28.2 Å². The van der Waals surface area contributed by atoms with E-state index in [-0.39, 0.29) is 0 Å². The molecule has 3 rings (SSSR count). The molecular formula is C17H27N3. The van der Waals surface area contributed by atoms with Gasteiger partial charge >= 0.3 is 0 Å². The molecule has 2 aliphatic rings. The molecule has 0 aromatic carbocycles. The minimum Gasteiger partial charge on any atom is -0.308 e. The maximum atomic E-state index is 4.10. The number of pyridine rings is 1. The molecule has 1 aromatic heterocycles. The number of nitrogens with one attached hydrogen (secondary N) is 1. The molecule has 2 fully saturated rings. The van der Waals surface area contributed by atoms with Crippen molar-refractivity contribution in [1.82, 2.24) is 15.2 Å². The average molecular weight is 273 g/mol. The number of piperazine rings is 1. The fraction of sp³-hybridized carbons (Fsp3) is 0.706. The molecule has 2 heterocycles. The first-order chi connectivity index (χ1) is 9.71. The van der Waals surface area contributed by atoms with Crippen molar-refractivity contribution < 1.29 is 0 Å². The maximum absolute atomic E-state index is 4.10. The lowest BCUT2D eigenvalue weighted by Gasteiger charge is -2.46. The van der Waals surface area contributed by atoms with E-state index in [2.05, 4.69) is 41.2 Å². The molecule has 2 unspecified atom stereocenters. The first kappa shape index (κ1) is 14.0. The fourth-order valence-electron chi connectivity index (χ4n) is 3.57. The Morgan fingerprint density at radius 1 is 1.35 bits per heavy atom. The van der Waals surface area contributed by atoms with Gasteiger partial charge in [0.2, 0.25) is 0 Å². The van der Waals surface area contributed by atoms with Crippen molar-refractivity contribution in [1.29, 1.82) is 0 Å². The Morgan fingerprint density at radius 3 is 2.75 bits per heavy atom. The van der Waals surface area contributed by atoms with Crippen molar-refractivity contribution >= 4 is 0 Å². The number of rotatable bonds is 5. The third kappa shape index (κ3) is 3.04. The van der Waals surface area contributed by atoms with Crippen molar-refractivity contribution in [3.8, 4) is 0 Å². The third-order valence-corrected chi connectivity index (χ3v) is 5.18. The van der Waals surface area contributed by atoms with E-state index in [1.807, 2.05) is 12.4 Å². The Labute approximate surface area is 122 Å². The number of hydrogen-bond donors (Lipinski definition) is 1. The van der Waals surface area contributed by atoms with Crippen LogP contribution in [0.15, 0.2) is 24.5 Å². The van der Waals surface area contributed by atoms with Gasteiger partial charge in [-0.05, 0) is 56.2 Å². The Morgan fingerprint density at radius 2 is 2.10 bits per heavy atom. The molecule has 1 saturated heterocycles. The van der Waals surface area contributed by atoms with E-state index in [1.165, 1.54) is 37.9 Å². The zero-order valence-electron chi connectivity index (χ0n) is 12.8. The van der Waals surface area contributed by atoms with Gasteiger partial charge in [-0.15, -0.1) is 0 Å². The van der Waals surface area contributed by atoms with Crippen molar-refractivity contribution in [2.45, 2.75) is 51.1 Å². The van der Waals surface area contributed by atoms with E-state index in [0.29, 0.717) is 11.6 Å². The van der Waals surface area contributed by atoms with Gasteiger partial charge in [0.15, 0.2) is 0 Å². The Kier molecular flexibility index (Phi) is 4.08. The lowest BCUT2D eigenvalue weighted by atomic mass is 9.90. The second-order valence-corrected chi connectivity index (χ2v) is 6.71. The van der Waals surface area contributed by atoms with Crippen LogP contribution in [0.1, 0.15) is 38.7 Å². The molecular weight excluding hydrogens is 246 g/mol. The second kappa shape index (κ2) is 5.82. The summed E-state index contributed by atoms with van der Waals surface area (Å²) < 4.78 is 0. The Hall–Kier alpha value is -0.930. The third-order valence-electron chi connectivity index (χ3n) is 5.18. The van der Waals surface area contributed by atoms with Crippen LogP contribution in [0, 0.1) is 5.92 Å². The molecule has 1 aliphatic heterocycles. The van der Waals surface area contributed by atoms with Gasteiger partial charge in [-0.1, -0.05) is 6.92 Å². The molecule has 3 heteroatoms. The van der Waals surface area contributed by atoms with Crippen LogP contribution in [-0.4, -0.2) is 41.1 Å². The molecule has 0 amide bonds. The van der Waals surface area contributed by atoms with Gasteiger partial charge in [0.25, 0.3) is 0 Å². The zero-order chi connectivity index (χ0) is 14.0. The summed E-state index contributed by atoms with van der Waals surface area (Å²) in [4.78, 5) is 6.82. The minimum absolute atomic E-state index is 0.351. The maximum Gasteiger partial charge on any atom is 0.0309 e. The molecule has 1 N–H and O–H groups in total. The summed E-state index contributed by atoms with van der Waals surface area (Å²) in [5, 5.41) is 3.83. The van der Waals surface area contributed by atoms with Gasteiger partial charge < -0.3 is 5.32 Å². The van der Waals surface area contributed by atoms with Crippen molar-refractivity contribution in [3.05, 3.63) is 30.1 Å². The normalized spacial score (nSPS) is 31.4. The highest BCUT2D eigenvalue weighted by Gasteiger charge is 2.45. The molecule has 20 heavy (non-hydrogen) atoms. The lowest BCUT2D eigenvalue weighted by molar-refractivity contribution is 0.0739. The second-order valence-electron chi connectivity index (χ2n) is 6.71. The summed E-state index contributed by atoms with van der Waals surface area (Å²) in [7, 11) is 0. The summed E-state index contributed by atoms with van der Waals surface area (Å²) >= 11 is 0. The SMILES string of the molecule is CCC1CNC(C)(C2CC2)CN1CCc1ccncc1. The average Bonchev–Trinajstić information content (AvgIpc) is 3.31. The van der Waals surface area contributed by atoms with Gasteiger partial charge in [-0.2, -0.15) is 0 Å². The van der Waals surface area contributed by atoms with E-state index in [1.54, 1.807) is 0 Å². The lowest BCUT2D eigenvalue weighted by Crippen LogP contribution is -2.64. The predicted molar refractivity (Wildman–Crippen MR) is 82.7 cm³/mol. The molecule has 3 nitrogen and oxygen atoms in total. The number of aromatic nitrogens is 1. The van der Waals surface area contributed by atoms with Gasteiger partial charge in [0.05, 0.1) is 0 Å². The van der Waals surface area contributed by atoms with Crippen LogP contribution in [0.3, 0.4) is 0 Å². The van der Waals surface area contributed by atoms with E-state index < -0.39 is 0 Å². The molecule has 110 valence electrons. The van der Waals surface area contributed by atoms with Crippen LogP contribution >= 0.6 is 0 Å². The molecule has 2 atom stereocenters. The van der Waals surface area contributed by atoms with Crippen LogP contribution in [0.2, 0.25) is 0 Å². The first-order valence-corrected chi connectivity index (χ1v) is 8.09. The van der Waals surface area contributed by atoms with Crippen molar-refractivity contribution in [2.75, 3.05) is 19.6 Å². The molecule has 0 spiro atoms. The summed E-state index contributed by atoms with van der Waals surface area (Å²) in [5.41, 5.74) is 1.76. The van der Waals surface area contributed by atoms with E-state index >= 15 is 0 Å². The Bertz CT molecular complexity index is 429. The van der Waals surface area contributed by atoms with Crippen molar-refractivity contribution in [2.24, 2.45) is 5.92 Å². The standard InChI is InChI=1S/C17H27N3/c1-3-16-12-19-17(2,15-4-5-15)13-20(16)11-8-14-6-9-18-10-7-14/h6-7,9-10,15-16,19H,3-5,8,11-13H2,1-2H3. The predicted octanol–water partition coefficient (Wildman–Crippen LogP) is 2.48. The highest BCUT2D eigenvalue weighted by Crippen LogP contribution is 2.41. The van der Waals surface area contributed by atoms with E-state index in [4.69, 9.17) is 0 Å². The minimum atomic E-state index is 0.351. The van der Waals surface area contributed by atoms with Gasteiger partial charge in [-0.3, -0.25) is 9.88 Å². The van der Waals surface area contributed by atoms with Crippen LogP contribution in [0.25, 0.3) is 0 Å². The zero-order valence-corrected chi connectivity index (χ0v) is 12.8. The van der Waals surface area contributed by atoms with Crippen LogP contribution in [-0.2, 0) is 6.42 Å². The monoisotopic (exact) mass is 273 g/mol. The summed E-state index contributed by atoms with van der Waals surface area (Å²) in [5.74, 6) is 0.906. The molecule has 0 bridgehead atoms. The largest absolute Gasteiger partial charge is 0.308 e. The summed E-state index contributed by atoms with van der Waals surface area (Å²) in [6.45, 7) is 8.27. The Balaban J connectivity index is 1.62. The summed E-state index contributed by atoms with van der Waals surface area (Å²) in [6.07, 6.45) is 9.01. The van der Waals surface area contributed by atoms with Gasteiger partial charge in [0.1, 0.15) is 0 Å². The quantitative estimate of drug-likeness (QED) is 0.893. The summed E-state index contributed by atoms with van der Waals surface area (Å²) in [6, 6.07) is 4.98. The highest BCUT2D eigenvalue weighted by molar-refractivity contribution is 5.11. The fourth-order valence-corrected chi connectivity index (χ4v) is 3.57. The highest BCUT2D eigenvalue weighted by atomic mass is 15.3. The molecule has 1 saturated carbocycles. The number of hydrogen-bond acceptors (Lipinski definition) is 3. The molecule has 1 aromatic rings. The first-order valence-electron chi connectivity index (χ1n) is 8.09. The van der Waals surface area contributed by atoms with Gasteiger partial charge in [-0.25, -0.2) is 0 Å². The smallest absolute Gasteiger partial charge is 0.0309 e. The molecule has 1 aliphatic carbocycles. The van der Waals surface area contributed by atoms with E-state index in [9.17, 15) is 0 Å². The van der Waals surface area contributed by atoms with Gasteiger partial charge in [0, 0.05) is 43.6 Å². The van der Waals surface area contributed by atoms with E-state index in [0.717, 1.165) is 18.9 Å². The van der Waals surface area contributed by atoms with Crippen LogP contribution < -0.4 is 5.32 Å². The van der Waals surface area contributed by atoms with Crippen LogP contribution in [0.4, 0.5) is 0 Å². The number of nitrogens with zero attached hydrogens (tertiary/aromatic N) is 2. The van der Waals surface area contributed by atoms with Crippen molar-refractivity contribution in [3.63, 3.8) is 0 Å². The van der Waals surface area contributed by atoms with Crippen LogP contribution in [0.5, 0.6) is 0 Å². The molecule has 0 radical (unpaired) electrons.